The Balaban J connectivity index is 2.18. The molecular weight excluding hydrogens is 328 g/mol. The molecule has 2 rings (SSSR count). The Bertz CT molecular complexity index is 557. The van der Waals surface area contributed by atoms with E-state index in [0.717, 1.165) is 35.3 Å². The molecule has 0 saturated carbocycles. The number of ether oxygens (including phenoxy) is 1. The Hall–Kier alpha value is -1.39. The van der Waals surface area contributed by atoms with E-state index in [0.29, 0.717) is 0 Å². The molecule has 1 unspecified atom stereocenters. The average molecular weight is 349 g/mol. The normalized spacial score (nSPS) is 12.1. The molecule has 0 saturated heterocycles. The molecule has 112 valence electrons. The molecule has 4 heteroatoms. The maximum atomic E-state index is 5.33. The summed E-state index contributed by atoms with van der Waals surface area (Å²) in [7, 11) is 1.70. The van der Waals surface area contributed by atoms with Crippen molar-refractivity contribution in [3.8, 4) is 5.75 Å². The molecule has 0 bridgehead atoms. The van der Waals surface area contributed by atoms with Gasteiger partial charge < -0.3 is 10.1 Å². The first-order valence-corrected chi connectivity index (χ1v) is 8.00. The number of methoxy groups -OCH3 is 1. The number of rotatable bonds is 7. The summed E-state index contributed by atoms with van der Waals surface area (Å²) in [5, 5.41) is 3.59. The van der Waals surface area contributed by atoms with Crippen molar-refractivity contribution < 1.29 is 4.74 Å². The fourth-order valence-corrected chi connectivity index (χ4v) is 2.46. The van der Waals surface area contributed by atoms with Crippen LogP contribution < -0.4 is 10.1 Å². The molecule has 1 heterocycles. The van der Waals surface area contributed by atoms with E-state index in [9.17, 15) is 0 Å². The van der Waals surface area contributed by atoms with Crippen LogP contribution in [0.2, 0.25) is 0 Å². The number of aromatic nitrogens is 1. The highest BCUT2D eigenvalue weighted by Gasteiger charge is 2.13. The molecule has 0 aliphatic heterocycles. The monoisotopic (exact) mass is 348 g/mol. The first-order chi connectivity index (χ1) is 10.2. The lowest BCUT2D eigenvalue weighted by Gasteiger charge is -2.19. The standard InChI is InChI=1S/C17H21BrN2O/c1-3-9-19-17(11-15-8-7-14(18)12-20-15)13-5-4-6-16(10-13)21-2/h4-8,10,12,17,19H,3,9,11H2,1-2H3. The lowest BCUT2D eigenvalue weighted by atomic mass is 10.0. The van der Waals surface area contributed by atoms with Gasteiger partial charge in [0.05, 0.1) is 7.11 Å². The zero-order valence-electron chi connectivity index (χ0n) is 12.5. The predicted molar refractivity (Wildman–Crippen MR) is 89.7 cm³/mol. The largest absolute Gasteiger partial charge is 0.497 e. The minimum absolute atomic E-state index is 0.244. The van der Waals surface area contributed by atoms with Gasteiger partial charge in [-0.2, -0.15) is 0 Å². The summed E-state index contributed by atoms with van der Waals surface area (Å²) in [6, 6.07) is 12.6. The second-order valence-electron chi connectivity index (χ2n) is 4.96. The number of nitrogens with one attached hydrogen (secondary N) is 1. The zero-order chi connectivity index (χ0) is 15.1. The summed E-state index contributed by atoms with van der Waals surface area (Å²) in [6.07, 6.45) is 3.81. The third-order valence-corrected chi connectivity index (χ3v) is 3.81. The second kappa shape index (κ2) is 8.15. The number of hydrogen-bond acceptors (Lipinski definition) is 3. The quantitative estimate of drug-likeness (QED) is 0.816. The van der Waals surface area contributed by atoms with Crippen molar-refractivity contribution in [1.82, 2.24) is 10.3 Å². The van der Waals surface area contributed by atoms with E-state index in [2.05, 4.69) is 51.4 Å². The Morgan fingerprint density at radius 3 is 2.81 bits per heavy atom. The summed E-state index contributed by atoms with van der Waals surface area (Å²) < 4.78 is 6.33. The second-order valence-corrected chi connectivity index (χ2v) is 5.87. The van der Waals surface area contributed by atoms with E-state index < -0.39 is 0 Å². The predicted octanol–water partition coefficient (Wildman–Crippen LogP) is 4.14. The van der Waals surface area contributed by atoms with Gasteiger partial charge in [0.2, 0.25) is 0 Å². The molecule has 0 spiro atoms. The van der Waals surface area contributed by atoms with Crippen LogP contribution in [0.25, 0.3) is 0 Å². The topological polar surface area (TPSA) is 34.2 Å². The van der Waals surface area contributed by atoms with Crippen molar-refractivity contribution in [1.29, 1.82) is 0 Å². The summed E-state index contributed by atoms with van der Waals surface area (Å²) in [6.45, 7) is 3.16. The summed E-state index contributed by atoms with van der Waals surface area (Å²) in [5.41, 5.74) is 2.31. The molecule has 0 aliphatic rings. The van der Waals surface area contributed by atoms with E-state index in [-0.39, 0.29) is 6.04 Å². The number of nitrogens with zero attached hydrogens (tertiary/aromatic N) is 1. The van der Waals surface area contributed by atoms with Gasteiger partial charge in [-0.25, -0.2) is 0 Å². The van der Waals surface area contributed by atoms with Crippen molar-refractivity contribution in [3.05, 3.63) is 58.3 Å². The van der Waals surface area contributed by atoms with Gasteiger partial charge in [0.1, 0.15) is 5.75 Å². The van der Waals surface area contributed by atoms with Crippen molar-refractivity contribution in [2.24, 2.45) is 0 Å². The maximum Gasteiger partial charge on any atom is 0.119 e. The molecule has 1 aromatic carbocycles. The van der Waals surface area contributed by atoms with Crippen LogP contribution in [0.4, 0.5) is 0 Å². The van der Waals surface area contributed by atoms with Crippen molar-refractivity contribution in [2.45, 2.75) is 25.8 Å². The van der Waals surface area contributed by atoms with Gasteiger partial charge in [-0.1, -0.05) is 19.1 Å². The molecule has 3 nitrogen and oxygen atoms in total. The van der Waals surface area contributed by atoms with Gasteiger partial charge in [0, 0.05) is 28.8 Å². The fraction of sp³-hybridized carbons (Fsp3) is 0.353. The van der Waals surface area contributed by atoms with Gasteiger partial charge in [-0.3, -0.25) is 4.98 Å². The highest BCUT2D eigenvalue weighted by molar-refractivity contribution is 9.10. The van der Waals surface area contributed by atoms with Gasteiger partial charge in [0.25, 0.3) is 0 Å². The smallest absolute Gasteiger partial charge is 0.119 e. The zero-order valence-corrected chi connectivity index (χ0v) is 14.1. The van der Waals surface area contributed by atoms with Crippen LogP contribution >= 0.6 is 15.9 Å². The SMILES string of the molecule is CCCNC(Cc1ccc(Br)cn1)c1cccc(OC)c1. The van der Waals surface area contributed by atoms with Gasteiger partial charge in [-0.15, -0.1) is 0 Å². The Morgan fingerprint density at radius 1 is 1.29 bits per heavy atom. The Morgan fingerprint density at radius 2 is 2.14 bits per heavy atom. The summed E-state index contributed by atoms with van der Waals surface area (Å²) in [5.74, 6) is 0.888. The van der Waals surface area contributed by atoms with Crippen LogP contribution in [0.3, 0.4) is 0 Å². The molecule has 1 atom stereocenters. The molecule has 0 radical (unpaired) electrons. The van der Waals surface area contributed by atoms with E-state index in [1.165, 1.54) is 5.56 Å². The Kier molecular flexibility index (Phi) is 6.21. The van der Waals surface area contributed by atoms with Crippen LogP contribution in [0, 0.1) is 0 Å². The average Bonchev–Trinajstić information content (AvgIpc) is 2.53. The summed E-state index contributed by atoms with van der Waals surface area (Å²) >= 11 is 3.42. The molecule has 0 amide bonds. The van der Waals surface area contributed by atoms with Gasteiger partial charge in [-0.05, 0) is 58.7 Å². The van der Waals surface area contributed by atoms with Crippen molar-refractivity contribution in [2.75, 3.05) is 13.7 Å². The van der Waals surface area contributed by atoms with Gasteiger partial charge >= 0.3 is 0 Å². The number of benzene rings is 1. The number of pyridine rings is 1. The van der Waals surface area contributed by atoms with E-state index in [1.807, 2.05) is 24.4 Å². The molecular formula is C17H21BrN2O. The highest BCUT2D eigenvalue weighted by atomic mass is 79.9. The van der Waals surface area contributed by atoms with Crippen LogP contribution in [0.5, 0.6) is 5.75 Å². The highest BCUT2D eigenvalue weighted by Crippen LogP contribution is 2.22. The Labute approximate surface area is 134 Å². The number of halogens is 1. The molecule has 1 N–H and O–H groups in total. The lowest BCUT2D eigenvalue weighted by Crippen LogP contribution is -2.24. The van der Waals surface area contributed by atoms with Crippen LogP contribution in [-0.2, 0) is 6.42 Å². The molecule has 1 aromatic heterocycles. The van der Waals surface area contributed by atoms with Crippen LogP contribution in [-0.4, -0.2) is 18.6 Å². The minimum Gasteiger partial charge on any atom is -0.497 e. The van der Waals surface area contributed by atoms with Gasteiger partial charge in [0.15, 0.2) is 0 Å². The van der Waals surface area contributed by atoms with Crippen LogP contribution in [0.1, 0.15) is 30.6 Å². The molecule has 21 heavy (non-hydrogen) atoms. The minimum atomic E-state index is 0.244. The maximum absolute atomic E-state index is 5.33. The van der Waals surface area contributed by atoms with E-state index in [4.69, 9.17) is 4.74 Å². The van der Waals surface area contributed by atoms with Crippen molar-refractivity contribution in [3.63, 3.8) is 0 Å². The lowest BCUT2D eigenvalue weighted by molar-refractivity contribution is 0.412. The molecule has 2 aromatic rings. The number of hydrogen-bond donors (Lipinski definition) is 1. The fourth-order valence-electron chi connectivity index (χ4n) is 2.22. The first-order valence-electron chi connectivity index (χ1n) is 7.20. The first kappa shape index (κ1) is 16.0. The summed E-state index contributed by atoms with van der Waals surface area (Å²) in [4.78, 5) is 4.48. The molecule has 0 aliphatic carbocycles. The third kappa shape index (κ3) is 4.83. The van der Waals surface area contributed by atoms with Crippen molar-refractivity contribution >= 4 is 15.9 Å². The van der Waals surface area contributed by atoms with E-state index >= 15 is 0 Å². The van der Waals surface area contributed by atoms with E-state index in [1.54, 1.807) is 7.11 Å². The van der Waals surface area contributed by atoms with Crippen LogP contribution in [0.15, 0.2) is 47.1 Å². The molecule has 0 fully saturated rings. The third-order valence-electron chi connectivity index (χ3n) is 3.34.